The van der Waals surface area contributed by atoms with Crippen molar-refractivity contribution in [2.75, 3.05) is 6.61 Å². The molecule has 0 saturated carbocycles. The number of halogens is 4. The van der Waals surface area contributed by atoms with Crippen LogP contribution < -0.4 is 5.32 Å². The summed E-state index contributed by atoms with van der Waals surface area (Å²) in [5, 5.41) is 10.7. The third-order valence-electron chi connectivity index (χ3n) is 2.27. The van der Waals surface area contributed by atoms with Gasteiger partial charge in [0.15, 0.2) is 0 Å². The Hall–Kier alpha value is -1.63. The minimum Gasteiger partial charge on any atom is -0.394 e. The second-order valence-corrected chi connectivity index (χ2v) is 3.54. The first kappa shape index (κ1) is 14.4. The molecule has 0 aliphatic rings. The van der Waals surface area contributed by atoms with Gasteiger partial charge in [-0.15, -0.1) is 0 Å². The molecule has 18 heavy (non-hydrogen) atoms. The van der Waals surface area contributed by atoms with Gasteiger partial charge < -0.3 is 10.4 Å². The van der Waals surface area contributed by atoms with E-state index in [0.29, 0.717) is 5.56 Å². The molecule has 1 rings (SSSR count). The molecule has 0 bridgehead atoms. The van der Waals surface area contributed by atoms with E-state index < -0.39 is 30.9 Å². The fraction of sp³-hybridized carbons (Fsp3) is 0.364. The van der Waals surface area contributed by atoms with E-state index in [2.05, 4.69) is 0 Å². The second-order valence-electron chi connectivity index (χ2n) is 3.54. The van der Waals surface area contributed by atoms with Crippen LogP contribution in [0.5, 0.6) is 0 Å². The van der Waals surface area contributed by atoms with Gasteiger partial charge in [0.1, 0.15) is 0 Å². The number of aliphatic hydroxyl groups is 1. The Morgan fingerprint density at radius 2 is 1.83 bits per heavy atom. The van der Waals surface area contributed by atoms with Crippen molar-refractivity contribution in [2.24, 2.45) is 0 Å². The van der Waals surface area contributed by atoms with Gasteiger partial charge in [-0.05, 0) is 5.56 Å². The van der Waals surface area contributed by atoms with Crippen LogP contribution in [0.2, 0.25) is 0 Å². The Balaban J connectivity index is 2.79. The maximum absolute atomic E-state index is 12.7. The SMILES string of the molecule is O=C(NC(CO)c1ccccc1)C(F)(F)C(F)F. The predicted octanol–water partition coefficient (Wildman–Crippen LogP) is 1.74. The molecule has 0 heterocycles. The molecular formula is C11H11F4NO2. The van der Waals surface area contributed by atoms with Gasteiger partial charge >= 0.3 is 12.3 Å². The lowest BCUT2D eigenvalue weighted by molar-refractivity contribution is -0.170. The van der Waals surface area contributed by atoms with Gasteiger partial charge in [-0.1, -0.05) is 30.3 Å². The molecule has 0 aliphatic carbocycles. The monoisotopic (exact) mass is 265 g/mol. The van der Waals surface area contributed by atoms with Gasteiger partial charge in [0.2, 0.25) is 0 Å². The summed E-state index contributed by atoms with van der Waals surface area (Å²) >= 11 is 0. The molecule has 0 radical (unpaired) electrons. The van der Waals surface area contributed by atoms with Gasteiger partial charge in [0.05, 0.1) is 12.6 Å². The van der Waals surface area contributed by atoms with E-state index >= 15 is 0 Å². The van der Waals surface area contributed by atoms with E-state index in [4.69, 9.17) is 5.11 Å². The fourth-order valence-electron chi connectivity index (χ4n) is 1.27. The van der Waals surface area contributed by atoms with Crippen molar-refractivity contribution in [1.29, 1.82) is 0 Å². The Labute approximate surface area is 100 Å². The van der Waals surface area contributed by atoms with Crippen LogP contribution in [0, 0.1) is 0 Å². The van der Waals surface area contributed by atoms with E-state index in [1.54, 1.807) is 23.5 Å². The van der Waals surface area contributed by atoms with E-state index in [-0.39, 0.29) is 0 Å². The minimum absolute atomic E-state index is 0.346. The summed E-state index contributed by atoms with van der Waals surface area (Å²) in [6, 6.07) is 6.57. The van der Waals surface area contributed by atoms with Crippen LogP contribution in [0.15, 0.2) is 30.3 Å². The largest absolute Gasteiger partial charge is 0.394 e. The highest BCUT2D eigenvalue weighted by molar-refractivity contribution is 5.84. The van der Waals surface area contributed by atoms with Crippen LogP contribution in [-0.2, 0) is 4.79 Å². The zero-order valence-electron chi connectivity index (χ0n) is 9.12. The van der Waals surface area contributed by atoms with Crippen LogP contribution in [0.1, 0.15) is 11.6 Å². The lowest BCUT2D eigenvalue weighted by atomic mass is 10.1. The van der Waals surface area contributed by atoms with Crippen molar-refractivity contribution >= 4 is 5.91 Å². The number of nitrogens with one attached hydrogen (secondary N) is 1. The van der Waals surface area contributed by atoms with Gasteiger partial charge in [-0.25, -0.2) is 8.78 Å². The van der Waals surface area contributed by atoms with Crippen LogP contribution >= 0.6 is 0 Å². The van der Waals surface area contributed by atoms with Gasteiger partial charge in [-0.2, -0.15) is 8.78 Å². The maximum Gasteiger partial charge on any atom is 0.383 e. The molecule has 2 N–H and O–H groups in total. The molecule has 1 amide bonds. The summed E-state index contributed by atoms with van der Waals surface area (Å²) in [6.07, 6.45) is -4.09. The third-order valence-corrected chi connectivity index (χ3v) is 2.27. The summed E-state index contributed by atoms with van der Waals surface area (Å²) in [7, 11) is 0. The highest BCUT2D eigenvalue weighted by Crippen LogP contribution is 2.24. The minimum atomic E-state index is -4.78. The topological polar surface area (TPSA) is 49.3 Å². The quantitative estimate of drug-likeness (QED) is 0.797. The third kappa shape index (κ3) is 3.19. The Morgan fingerprint density at radius 3 is 2.28 bits per heavy atom. The number of hydrogen-bond acceptors (Lipinski definition) is 2. The Kier molecular flexibility index (Phi) is 4.66. The number of hydrogen-bond donors (Lipinski definition) is 2. The van der Waals surface area contributed by atoms with Crippen LogP contribution in [-0.4, -0.2) is 30.0 Å². The van der Waals surface area contributed by atoms with Crippen LogP contribution in [0.3, 0.4) is 0 Å². The maximum atomic E-state index is 12.7. The van der Waals surface area contributed by atoms with Gasteiger partial charge in [0.25, 0.3) is 5.91 Å². The number of alkyl halides is 4. The molecule has 7 heteroatoms. The summed E-state index contributed by atoms with van der Waals surface area (Å²) in [6.45, 7) is -0.672. The molecule has 100 valence electrons. The zero-order valence-corrected chi connectivity index (χ0v) is 9.12. The molecule has 1 unspecified atom stereocenters. The molecule has 0 fully saturated rings. The number of carbonyl (C=O) groups excluding carboxylic acids is 1. The van der Waals surface area contributed by atoms with E-state index in [9.17, 15) is 22.4 Å². The molecule has 1 aromatic carbocycles. The molecule has 1 aromatic rings. The fourth-order valence-corrected chi connectivity index (χ4v) is 1.27. The summed E-state index contributed by atoms with van der Waals surface area (Å²) in [5.41, 5.74) is 0.346. The zero-order chi connectivity index (χ0) is 13.8. The average molecular weight is 265 g/mol. The Bertz CT molecular complexity index is 397. The van der Waals surface area contributed by atoms with Crippen molar-refractivity contribution in [3.8, 4) is 0 Å². The van der Waals surface area contributed by atoms with Crippen LogP contribution in [0.25, 0.3) is 0 Å². The lowest BCUT2D eigenvalue weighted by Gasteiger charge is -2.20. The van der Waals surface area contributed by atoms with Gasteiger partial charge in [-0.3, -0.25) is 4.79 Å². The number of amides is 1. The second kappa shape index (κ2) is 5.81. The van der Waals surface area contributed by atoms with Crippen LogP contribution in [0.4, 0.5) is 17.6 Å². The summed E-state index contributed by atoms with van der Waals surface area (Å²) in [5.74, 6) is -6.89. The van der Waals surface area contributed by atoms with E-state index in [0.717, 1.165) is 0 Å². The van der Waals surface area contributed by atoms with E-state index in [1.165, 1.54) is 12.1 Å². The number of rotatable bonds is 5. The first-order chi connectivity index (χ1) is 8.39. The Morgan fingerprint density at radius 1 is 1.28 bits per heavy atom. The van der Waals surface area contributed by atoms with Crippen molar-refractivity contribution < 1.29 is 27.5 Å². The molecular weight excluding hydrogens is 254 g/mol. The molecule has 3 nitrogen and oxygen atoms in total. The molecule has 0 saturated heterocycles. The first-order valence-electron chi connectivity index (χ1n) is 5.02. The molecule has 1 atom stereocenters. The average Bonchev–Trinajstić information content (AvgIpc) is 2.36. The standard InChI is InChI=1S/C11H11F4NO2/c12-9(13)11(14,15)10(18)16-8(6-17)7-4-2-1-3-5-7/h1-5,8-9,17H,6H2,(H,16,18). The smallest absolute Gasteiger partial charge is 0.383 e. The molecule has 0 aliphatic heterocycles. The number of carbonyl (C=O) groups is 1. The van der Waals surface area contributed by atoms with Crippen molar-refractivity contribution in [1.82, 2.24) is 5.32 Å². The molecule has 0 aromatic heterocycles. The van der Waals surface area contributed by atoms with Crippen molar-refractivity contribution in [3.63, 3.8) is 0 Å². The predicted molar refractivity (Wildman–Crippen MR) is 55.4 cm³/mol. The van der Waals surface area contributed by atoms with Gasteiger partial charge in [0, 0.05) is 0 Å². The highest BCUT2D eigenvalue weighted by Gasteiger charge is 2.49. The van der Waals surface area contributed by atoms with Crippen molar-refractivity contribution in [3.05, 3.63) is 35.9 Å². The normalized spacial score (nSPS) is 13.4. The summed E-state index contributed by atoms with van der Waals surface area (Å²) < 4.78 is 49.3. The number of benzene rings is 1. The van der Waals surface area contributed by atoms with Crippen molar-refractivity contribution in [2.45, 2.75) is 18.4 Å². The summed E-state index contributed by atoms with van der Waals surface area (Å²) in [4.78, 5) is 11.0. The highest BCUT2D eigenvalue weighted by atomic mass is 19.3. The first-order valence-corrected chi connectivity index (χ1v) is 5.02. The number of aliphatic hydroxyl groups excluding tert-OH is 1. The molecule has 0 spiro atoms. The lowest BCUT2D eigenvalue weighted by Crippen LogP contribution is -2.47. The van der Waals surface area contributed by atoms with E-state index in [1.807, 2.05) is 0 Å².